The Bertz CT molecular complexity index is 607. The van der Waals surface area contributed by atoms with Gasteiger partial charge < -0.3 is 5.11 Å². The van der Waals surface area contributed by atoms with Crippen LogP contribution in [0.3, 0.4) is 0 Å². The van der Waals surface area contributed by atoms with E-state index in [-0.39, 0.29) is 5.69 Å². The zero-order valence-corrected chi connectivity index (χ0v) is 11.0. The van der Waals surface area contributed by atoms with Gasteiger partial charge in [-0.3, -0.25) is 4.68 Å². The van der Waals surface area contributed by atoms with Crippen molar-refractivity contribution < 1.29 is 35.8 Å². The Labute approximate surface area is 119 Å². The van der Waals surface area contributed by atoms with E-state index in [1.165, 1.54) is 0 Å². The molecular formula is C12H11F7N2O. The van der Waals surface area contributed by atoms with Crippen LogP contribution in [0.4, 0.5) is 30.7 Å². The van der Waals surface area contributed by atoms with Gasteiger partial charge in [0.25, 0.3) is 11.8 Å². The van der Waals surface area contributed by atoms with Crippen LogP contribution in [0.1, 0.15) is 35.9 Å². The molecule has 0 radical (unpaired) electrons. The smallest absolute Gasteiger partial charge is 0.382 e. The Morgan fingerprint density at radius 1 is 1.18 bits per heavy atom. The molecule has 22 heavy (non-hydrogen) atoms. The number of alkyl halides is 7. The average Bonchev–Trinajstić information content (AvgIpc) is 2.80. The zero-order chi connectivity index (χ0) is 16.5. The van der Waals surface area contributed by atoms with E-state index in [1.54, 1.807) is 0 Å². The first-order valence-electron chi connectivity index (χ1n) is 6.54. The SMILES string of the molecule is OC1c2c(C(F)(F)F)nn(CC3CC3(F)F)c2CCC1(F)F. The van der Waals surface area contributed by atoms with Crippen LogP contribution in [0.25, 0.3) is 0 Å². The molecule has 1 N–H and O–H groups in total. The van der Waals surface area contributed by atoms with Gasteiger partial charge in [0.05, 0.1) is 0 Å². The number of aliphatic hydroxyl groups excluding tert-OH is 1. The Balaban J connectivity index is 2.04. The monoisotopic (exact) mass is 332 g/mol. The minimum absolute atomic E-state index is 0.242. The molecule has 3 nitrogen and oxygen atoms in total. The van der Waals surface area contributed by atoms with Gasteiger partial charge in [-0.2, -0.15) is 18.3 Å². The largest absolute Gasteiger partial charge is 0.435 e. The van der Waals surface area contributed by atoms with Crippen LogP contribution in [0, 0.1) is 5.92 Å². The van der Waals surface area contributed by atoms with Crippen molar-refractivity contribution >= 4 is 0 Å². The van der Waals surface area contributed by atoms with Crippen molar-refractivity contribution in [2.75, 3.05) is 0 Å². The number of aromatic nitrogens is 2. The van der Waals surface area contributed by atoms with Crippen LogP contribution in [-0.4, -0.2) is 26.7 Å². The van der Waals surface area contributed by atoms with Crippen LogP contribution < -0.4 is 0 Å². The van der Waals surface area contributed by atoms with Gasteiger partial charge in [-0.1, -0.05) is 0 Å². The normalized spacial score (nSPS) is 29.3. The van der Waals surface area contributed by atoms with E-state index in [9.17, 15) is 35.8 Å². The average molecular weight is 332 g/mol. The summed E-state index contributed by atoms with van der Waals surface area (Å²) in [6.45, 7) is -0.482. The Hall–Kier alpha value is -1.32. The van der Waals surface area contributed by atoms with E-state index >= 15 is 0 Å². The molecule has 1 aromatic rings. The maximum atomic E-state index is 13.5. The number of halogens is 7. The van der Waals surface area contributed by atoms with E-state index in [0.29, 0.717) is 4.68 Å². The molecule has 0 spiro atoms. The third-order valence-corrected chi connectivity index (χ3v) is 4.08. The maximum absolute atomic E-state index is 13.5. The van der Waals surface area contributed by atoms with Crippen molar-refractivity contribution in [3.63, 3.8) is 0 Å². The Morgan fingerprint density at radius 2 is 1.77 bits per heavy atom. The second kappa shape index (κ2) is 4.36. The highest BCUT2D eigenvalue weighted by atomic mass is 19.4. The molecule has 0 amide bonds. The highest BCUT2D eigenvalue weighted by molar-refractivity contribution is 5.35. The number of hydrogen-bond acceptors (Lipinski definition) is 2. The lowest BCUT2D eigenvalue weighted by Crippen LogP contribution is -2.33. The minimum atomic E-state index is -5.05. The first-order valence-corrected chi connectivity index (χ1v) is 6.54. The van der Waals surface area contributed by atoms with E-state index in [2.05, 4.69) is 5.10 Å². The summed E-state index contributed by atoms with van der Waals surface area (Å²) < 4.78 is 92.3. The Morgan fingerprint density at radius 3 is 2.27 bits per heavy atom. The summed E-state index contributed by atoms with van der Waals surface area (Å²) in [6.07, 6.45) is -9.47. The highest BCUT2D eigenvalue weighted by Gasteiger charge is 2.58. The molecule has 2 aliphatic rings. The van der Waals surface area contributed by atoms with Crippen molar-refractivity contribution in [3.8, 4) is 0 Å². The molecule has 0 aliphatic heterocycles. The van der Waals surface area contributed by atoms with Gasteiger partial charge in [-0.25, -0.2) is 17.6 Å². The van der Waals surface area contributed by atoms with Crippen molar-refractivity contribution in [1.29, 1.82) is 0 Å². The number of rotatable bonds is 2. The summed E-state index contributed by atoms with van der Waals surface area (Å²) in [7, 11) is 0. The molecule has 1 saturated carbocycles. The fraction of sp³-hybridized carbons (Fsp3) is 0.750. The third-order valence-electron chi connectivity index (χ3n) is 4.08. The number of nitrogens with zero attached hydrogens (tertiary/aromatic N) is 2. The van der Waals surface area contributed by atoms with Crippen molar-refractivity contribution in [1.82, 2.24) is 9.78 Å². The lowest BCUT2D eigenvalue weighted by atomic mass is 9.89. The highest BCUT2D eigenvalue weighted by Crippen LogP contribution is 2.51. The molecule has 3 rings (SSSR count). The molecule has 1 aromatic heterocycles. The molecule has 2 atom stereocenters. The topological polar surface area (TPSA) is 38.1 Å². The predicted molar refractivity (Wildman–Crippen MR) is 58.5 cm³/mol. The van der Waals surface area contributed by atoms with E-state index in [0.717, 1.165) is 0 Å². The van der Waals surface area contributed by atoms with Gasteiger partial charge in [0.1, 0.15) is 6.10 Å². The molecular weight excluding hydrogens is 321 g/mol. The summed E-state index contributed by atoms with van der Waals surface area (Å²) in [5.74, 6) is -7.82. The summed E-state index contributed by atoms with van der Waals surface area (Å²) in [5.41, 5.74) is -2.86. The van der Waals surface area contributed by atoms with Crippen LogP contribution in [0.5, 0.6) is 0 Å². The van der Waals surface area contributed by atoms with Gasteiger partial charge in [0.2, 0.25) is 0 Å². The fourth-order valence-electron chi connectivity index (χ4n) is 2.73. The Kier molecular flexibility index (Phi) is 3.09. The van der Waals surface area contributed by atoms with Crippen molar-refractivity contribution in [2.45, 2.75) is 49.9 Å². The first kappa shape index (κ1) is 15.6. The molecule has 0 aromatic carbocycles. The fourth-order valence-corrected chi connectivity index (χ4v) is 2.73. The van der Waals surface area contributed by atoms with E-state index in [1.807, 2.05) is 0 Å². The molecule has 0 saturated heterocycles. The lowest BCUT2D eigenvalue weighted by molar-refractivity contribution is -0.150. The zero-order valence-electron chi connectivity index (χ0n) is 11.0. The van der Waals surface area contributed by atoms with Gasteiger partial charge >= 0.3 is 6.18 Å². The first-order chi connectivity index (χ1) is 9.93. The summed E-state index contributed by atoms with van der Waals surface area (Å²) in [6, 6.07) is 0. The van der Waals surface area contributed by atoms with Crippen molar-refractivity contribution in [2.24, 2.45) is 5.92 Å². The number of hydrogen-bond donors (Lipinski definition) is 1. The maximum Gasteiger partial charge on any atom is 0.435 e. The number of fused-ring (bicyclic) bond motifs is 1. The van der Waals surface area contributed by atoms with Gasteiger partial charge in [0, 0.05) is 36.6 Å². The number of aliphatic hydroxyl groups is 1. The lowest BCUT2D eigenvalue weighted by Gasteiger charge is -2.28. The van der Waals surface area contributed by atoms with Crippen LogP contribution in [-0.2, 0) is 19.1 Å². The summed E-state index contributed by atoms with van der Waals surface area (Å²) >= 11 is 0. The molecule has 0 bridgehead atoms. The van der Waals surface area contributed by atoms with Crippen LogP contribution >= 0.6 is 0 Å². The van der Waals surface area contributed by atoms with Gasteiger partial charge in [-0.15, -0.1) is 0 Å². The standard InChI is InChI=1S/C12H11F7N2O/c13-10(14)2-1-6-7(9(10)22)8(12(17,18)19)20-21(6)4-5-3-11(5,15)16/h5,9,22H,1-4H2. The third kappa shape index (κ3) is 2.37. The summed E-state index contributed by atoms with van der Waals surface area (Å²) in [4.78, 5) is 0. The van der Waals surface area contributed by atoms with E-state index < -0.39 is 67.1 Å². The molecule has 1 heterocycles. The molecule has 10 heteroatoms. The molecule has 2 aliphatic carbocycles. The van der Waals surface area contributed by atoms with Gasteiger partial charge in [-0.05, 0) is 6.42 Å². The van der Waals surface area contributed by atoms with Crippen molar-refractivity contribution in [3.05, 3.63) is 17.0 Å². The summed E-state index contributed by atoms with van der Waals surface area (Å²) in [5, 5.41) is 12.7. The van der Waals surface area contributed by atoms with Crippen LogP contribution in [0.15, 0.2) is 0 Å². The van der Waals surface area contributed by atoms with E-state index in [4.69, 9.17) is 0 Å². The van der Waals surface area contributed by atoms with Crippen LogP contribution in [0.2, 0.25) is 0 Å². The quantitative estimate of drug-likeness (QED) is 0.845. The predicted octanol–water partition coefficient (Wildman–Crippen LogP) is 3.17. The van der Waals surface area contributed by atoms with Gasteiger partial charge in [0.15, 0.2) is 5.69 Å². The minimum Gasteiger partial charge on any atom is -0.382 e. The molecule has 2 unspecified atom stereocenters. The second-order valence-electron chi connectivity index (χ2n) is 5.71. The molecule has 1 fully saturated rings. The molecule has 124 valence electrons. The second-order valence-corrected chi connectivity index (χ2v) is 5.71.